The highest BCUT2D eigenvalue weighted by Crippen LogP contribution is 2.31. The molecule has 3 rings (SSSR count). The summed E-state index contributed by atoms with van der Waals surface area (Å²) in [6, 6.07) is 4.02. The highest BCUT2D eigenvalue weighted by atomic mass is 35.5. The number of rotatable bonds is 4. The molecule has 0 spiro atoms. The molecule has 1 N–H and O–H groups in total. The summed E-state index contributed by atoms with van der Waals surface area (Å²) >= 11 is 0. The average Bonchev–Trinajstić information content (AvgIpc) is 2.76. The van der Waals surface area contributed by atoms with E-state index in [1.165, 1.54) is 6.42 Å². The van der Waals surface area contributed by atoms with Crippen molar-refractivity contribution in [3.8, 4) is 17.2 Å². The van der Waals surface area contributed by atoms with Gasteiger partial charge in [-0.25, -0.2) is 4.98 Å². The summed E-state index contributed by atoms with van der Waals surface area (Å²) in [5.41, 5.74) is 4.37. The van der Waals surface area contributed by atoms with Crippen molar-refractivity contribution in [1.82, 2.24) is 15.2 Å². The van der Waals surface area contributed by atoms with Crippen LogP contribution in [0.15, 0.2) is 16.5 Å². The lowest BCUT2D eigenvalue weighted by atomic mass is 10.0. The fraction of sp³-hybridized carbons (Fsp3) is 0.526. The van der Waals surface area contributed by atoms with E-state index in [2.05, 4.69) is 24.1 Å². The van der Waals surface area contributed by atoms with Crippen LogP contribution in [0.5, 0.6) is 5.75 Å². The van der Waals surface area contributed by atoms with Crippen LogP contribution in [0.25, 0.3) is 11.5 Å². The number of hydrogen-bond donors (Lipinski definition) is 1. The molecule has 1 fully saturated rings. The molecule has 0 radical (unpaired) electrons. The van der Waals surface area contributed by atoms with Crippen molar-refractivity contribution in [3.63, 3.8) is 0 Å². The molecule has 0 bridgehead atoms. The number of hydrogen-bond acceptors (Lipinski definition) is 5. The number of halogens is 2. The molecule has 1 aromatic heterocycles. The van der Waals surface area contributed by atoms with Gasteiger partial charge in [0.2, 0.25) is 5.89 Å². The molecule has 0 amide bonds. The highest BCUT2D eigenvalue weighted by molar-refractivity contribution is 5.85. The summed E-state index contributed by atoms with van der Waals surface area (Å²) in [6.07, 6.45) is 1.18. The van der Waals surface area contributed by atoms with Crippen molar-refractivity contribution in [2.75, 3.05) is 33.3 Å². The third kappa shape index (κ3) is 4.92. The third-order valence-electron chi connectivity index (χ3n) is 4.89. The van der Waals surface area contributed by atoms with Crippen LogP contribution in [-0.2, 0) is 6.54 Å². The molecule has 0 aliphatic carbocycles. The van der Waals surface area contributed by atoms with Gasteiger partial charge in [0.05, 0.1) is 12.8 Å². The first-order chi connectivity index (χ1) is 11.6. The van der Waals surface area contributed by atoms with Crippen LogP contribution in [0, 0.1) is 20.8 Å². The highest BCUT2D eigenvalue weighted by Gasteiger charge is 2.18. The summed E-state index contributed by atoms with van der Waals surface area (Å²) < 4.78 is 11.4. The van der Waals surface area contributed by atoms with Crippen LogP contribution in [0.2, 0.25) is 0 Å². The zero-order valence-electron chi connectivity index (χ0n) is 15.9. The van der Waals surface area contributed by atoms with Gasteiger partial charge in [0.15, 0.2) is 0 Å². The van der Waals surface area contributed by atoms with Crippen LogP contribution in [-0.4, -0.2) is 43.2 Å². The summed E-state index contributed by atoms with van der Waals surface area (Å²) in [6.45, 7) is 11.3. The SMILES string of the molecule is COc1ccc(-c2nc(CN3CCCNCC3)c(C)o2)c(C)c1C.Cl.Cl. The first kappa shape index (κ1) is 22.8. The number of benzene rings is 1. The molecule has 1 aliphatic heterocycles. The van der Waals surface area contributed by atoms with Gasteiger partial charge in [-0.1, -0.05) is 0 Å². The molecule has 0 saturated carbocycles. The number of nitrogens with one attached hydrogen (secondary N) is 1. The first-order valence-electron chi connectivity index (χ1n) is 8.64. The second-order valence-electron chi connectivity index (χ2n) is 6.47. The zero-order valence-corrected chi connectivity index (χ0v) is 17.6. The lowest BCUT2D eigenvalue weighted by Crippen LogP contribution is -2.28. The minimum Gasteiger partial charge on any atom is -0.496 e. The first-order valence-corrected chi connectivity index (χ1v) is 8.64. The maximum absolute atomic E-state index is 5.99. The fourth-order valence-electron chi connectivity index (χ4n) is 3.21. The number of ether oxygens (including phenoxy) is 1. The van der Waals surface area contributed by atoms with E-state index in [1.807, 2.05) is 19.1 Å². The Morgan fingerprint density at radius 1 is 1.12 bits per heavy atom. The molecule has 146 valence electrons. The second kappa shape index (κ2) is 10.2. The fourth-order valence-corrected chi connectivity index (χ4v) is 3.21. The van der Waals surface area contributed by atoms with E-state index in [9.17, 15) is 0 Å². The Kier molecular flexibility index (Phi) is 8.90. The van der Waals surface area contributed by atoms with Gasteiger partial charge in [-0.05, 0) is 63.5 Å². The molecule has 1 saturated heterocycles. The number of aromatic nitrogens is 1. The zero-order chi connectivity index (χ0) is 17.1. The summed E-state index contributed by atoms with van der Waals surface area (Å²) in [5.74, 6) is 2.52. The number of aryl methyl sites for hydroxylation is 1. The van der Waals surface area contributed by atoms with Gasteiger partial charge in [-0.15, -0.1) is 24.8 Å². The van der Waals surface area contributed by atoms with Crippen molar-refractivity contribution in [2.24, 2.45) is 0 Å². The van der Waals surface area contributed by atoms with E-state index in [4.69, 9.17) is 14.1 Å². The number of methoxy groups -OCH3 is 1. The van der Waals surface area contributed by atoms with Crippen molar-refractivity contribution in [2.45, 2.75) is 33.7 Å². The number of nitrogens with zero attached hydrogens (tertiary/aromatic N) is 2. The standard InChI is InChI=1S/C19H27N3O2.2ClH/c1-13-14(2)18(23-4)7-6-16(13)19-21-17(15(3)24-19)12-22-10-5-8-20-9-11-22;;/h6-7,20H,5,8-12H2,1-4H3;2*1H. The maximum Gasteiger partial charge on any atom is 0.226 e. The normalized spacial score (nSPS) is 14.9. The summed E-state index contributed by atoms with van der Waals surface area (Å²) in [5, 5.41) is 3.44. The third-order valence-corrected chi connectivity index (χ3v) is 4.89. The molecule has 7 heteroatoms. The van der Waals surface area contributed by atoms with Gasteiger partial charge < -0.3 is 14.5 Å². The average molecular weight is 402 g/mol. The van der Waals surface area contributed by atoms with E-state index < -0.39 is 0 Å². The van der Waals surface area contributed by atoms with E-state index in [0.29, 0.717) is 5.89 Å². The van der Waals surface area contributed by atoms with E-state index in [1.54, 1.807) is 7.11 Å². The molecule has 2 aromatic rings. The topological polar surface area (TPSA) is 50.5 Å². The maximum atomic E-state index is 5.99. The minimum absolute atomic E-state index is 0. The van der Waals surface area contributed by atoms with Gasteiger partial charge in [-0.2, -0.15) is 0 Å². The van der Waals surface area contributed by atoms with Crippen LogP contribution in [0.1, 0.15) is 29.0 Å². The van der Waals surface area contributed by atoms with Gasteiger partial charge in [-0.3, -0.25) is 4.90 Å². The Morgan fingerprint density at radius 2 is 1.88 bits per heavy atom. The van der Waals surface area contributed by atoms with Gasteiger partial charge in [0, 0.05) is 25.2 Å². The van der Waals surface area contributed by atoms with E-state index >= 15 is 0 Å². The molecule has 2 heterocycles. The summed E-state index contributed by atoms with van der Waals surface area (Å²) in [7, 11) is 1.70. The van der Waals surface area contributed by atoms with E-state index in [-0.39, 0.29) is 24.8 Å². The Bertz CT molecular complexity index is 711. The Labute approximate surface area is 168 Å². The predicted octanol–water partition coefficient (Wildman–Crippen LogP) is 3.91. The molecule has 1 aliphatic rings. The van der Waals surface area contributed by atoms with Crippen molar-refractivity contribution >= 4 is 24.8 Å². The van der Waals surface area contributed by atoms with Crippen LogP contribution >= 0.6 is 24.8 Å². The van der Waals surface area contributed by atoms with Gasteiger partial charge in [0.1, 0.15) is 11.5 Å². The quantitative estimate of drug-likeness (QED) is 0.840. The smallest absolute Gasteiger partial charge is 0.226 e. The van der Waals surface area contributed by atoms with Crippen LogP contribution < -0.4 is 10.1 Å². The molecular formula is C19H29Cl2N3O2. The van der Waals surface area contributed by atoms with Crippen molar-refractivity contribution < 1.29 is 9.15 Å². The Hall–Kier alpha value is -1.27. The van der Waals surface area contributed by atoms with Crippen LogP contribution in [0.4, 0.5) is 0 Å². The van der Waals surface area contributed by atoms with Crippen LogP contribution in [0.3, 0.4) is 0 Å². The molecule has 1 aromatic carbocycles. The van der Waals surface area contributed by atoms with Gasteiger partial charge >= 0.3 is 0 Å². The van der Waals surface area contributed by atoms with Gasteiger partial charge in [0.25, 0.3) is 0 Å². The second-order valence-corrected chi connectivity index (χ2v) is 6.47. The molecule has 5 nitrogen and oxygen atoms in total. The summed E-state index contributed by atoms with van der Waals surface area (Å²) in [4.78, 5) is 7.24. The molecule has 26 heavy (non-hydrogen) atoms. The van der Waals surface area contributed by atoms with Crippen molar-refractivity contribution in [3.05, 3.63) is 34.7 Å². The van der Waals surface area contributed by atoms with Crippen molar-refractivity contribution in [1.29, 1.82) is 0 Å². The molecule has 0 atom stereocenters. The monoisotopic (exact) mass is 401 g/mol. The minimum atomic E-state index is 0. The molecular weight excluding hydrogens is 373 g/mol. The number of oxazole rings is 1. The largest absolute Gasteiger partial charge is 0.496 e. The van der Waals surface area contributed by atoms with E-state index in [0.717, 1.165) is 66.6 Å². The Morgan fingerprint density at radius 3 is 2.62 bits per heavy atom. The Balaban J connectivity index is 0.00000169. The predicted molar refractivity (Wildman–Crippen MR) is 110 cm³/mol. The lowest BCUT2D eigenvalue weighted by molar-refractivity contribution is 0.280. The molecule has 0 unspecified atom stereocenters. The lowest BCUT2D eigenvalue weighted by Gasteiger charge is -2.17.